The van der Waals surface area contributed by atoms with E-state index in [0.717, 1.165) is 12.1 Å². The maximum absolute atomic E-state index is 5.62. The zero-order valence-corrected chi connectivity index (χ0v) is 13.0. The van der Waals surface area contributed by atoms with Crippen LogP contribution in [0.15, 0.2) is 6.20 Å². The van der Waals surface area contributed by atoms with E-state index in [1.807, 2.05) is 6.92 Å². The minimum absolute atomic E-state index is 0.127. The van der Waals surface area contributed by atoms with Crippen molar-refractivity contribution in [1.29, 1.82) is 0 Å². The highest BCUT2D eigenvalue weighted by Gasteiger charge is 2.18. The number of ether oxygens (including phenoxy) is 4. The summed E-state index contributed by atoms with van der Waals surface area (Å²) in [7, 11) is 3.16. The van der Waals surface area contributed by atoms with E-state index in [1.54, 1.807) is 32.0 Å². The fourth-order valence-corrected chi connectivity index (χ4v) is 1.83. The average molecular weight is 297 g/mol. The van der Waals surface area contributed by atoms with Gasteiger partial charge < -0.3 is 18.9 Å². The molecule has 0 saturated heterocycles. The van der Waals surface area contributed by atoms with Crippen LogP contribution in [-0.4, -0.2) is 48.9 Å². The number of methoxy groups -OCH3 is 2. The molecule has 0 N–H and O–H groups in total. The second-order valence-electron chi connectivity index (χ2n) is 4.27. The minimum atomic E-state index is -0.310. The summed E-state index contributed by atoms with van der Waals surface area (Å²) in [4.78, 5) is 0. The number of aromatic nitrogens is 3. The summed E-state index contributed by atoms with van der Waals surface area (Å²) in [6.45, 7) is 4.67. The first-order valence-electron chi connectivity index (χ1n) is 6.78. The van der Waals surface area contributed by atoms with Crippen LogP contribution in [0.1, 0.15) is 32.1 Å². The van der Waals surface area contributed by atoms with Crippen LogP contribution < -0.4 is 0 Å². The van der Waals surface area contributed by atoms with Crippen molar-refractivity contribution in [3.8, 4) is 11.8 Å². The molecular formula is C14H23N3O4. The van der Waals surface area contributed by atoms with E-state index < -0.39 is 0 Å². The third-order valence-electron chi connectivity index (χ3n) is 2.77. The maximum atomic E-state index is 5.62. The summed E-state index contributed by atoms with van der Waals surface area (Å²) in [5, 5.41) is 8.03. The second-order valence-corrected chi connectivity index (χ2v) is 4.27. The Morgan fingerprint density at radius 1 is 1.24 bits per heavy atom. The lowest BCUT2D eigenvalue weighted by Gasteiger charge is -2.18. The predicted molar refractivity (Wildman–Crippen MR) is 76.2 cm³/mol. The quantitative estimate of drug-likeness (QED) is 0.480. The Kier molecular flexibility index (Phi) is 8.62. The molecule has 0 aliphatic heterocycles. The number of hydrogen-bond acceptors (Lipinski definition) is 6. The summed E-state index contributed by atoms with van der Waals surface area (Å²) < 4.78 is 22.7. The molecule has 0 unspecified atom stereocenters. The molecule has 0 amide bonds. The van der Waals surface area contributed by atoms with E-state index >= 15 is 0 Å². The zero-order valence-electron chi connectivity index (χ0n) is 13.0. The van der Waals surface area contributed by atoms with E-state index in [-0.39, 0.29) is 25.8 Å². The van der Waals surface area contributed by atoms with Gasteiger partial charge in [0, 0.05) is 14.2 Å². The molecule has 21 heavy (non-hydrogen) atoms. The molecule has 7 nitrogen and oxygen atoms in total. The minimum Gasteiger partial charge on any atom is -0.359 e. The Morgan fingerprint density at radius 3 is 2.57 bits per heavy atom. The molecule has 118 valence electrons. The van der Waals surface area contributed by atoms with Gasteiger partial charge in [-0.2, -0.15) is 0 Å². The highest BCUT2D eigenvalue weighted by Crippen LogP contribution is 2.20. The molecule has 0 saturated carbocycles. The van der Waals surface area contributed by atoms with E-state index in [9.17, 15) is 0 Å². The smallest absolute Gasteiger partial charge is 0.148 e. The Hall–Kier alpha value is -1.46. The van der Waals surface area contributed by atoms with Gasteiger partial charge in [-0.25, -0.2) is 4.68 Å². The first-order chi connectivity index (χ1) is 10.3. The Balaban J connectivity index is 2.77. The summed E-state index contributed by atoms with van der Waals surface area (Å²) in [6.07, 6.45) is 2.05. The molecule has 1 aromatic heterocycles. The van der Waals surface area contributed by atoms with Crippen molar-refractivity contribution < 1.29 is 18.9 Å². The number of rotatable bonds is 10. The molecule has 1 heterocycles. The van der Waals surface area contributed by atoms with Crippen LogP contribution in [0.25, 0.3) is 0 Å². The van der Waals surface area contributed by atoms with Gasteiger partial charge >= 0.3 is 0 Å². The highest BCUT2D eigenvalue weighted by molar-refractivity contribution is 5.05. The molecule has 0 aliphatic carbocycles. The van der Waals surface area contributed by atoms with Gasteiger partial charge in [-0.1, -0.05) is 18.1 Å². The van der Waals surface area contributed by atoms with Crippen LogP contribution in [0.2, 0.25) is 0 Å². The van der Waals surface area contributed by atoms with Gasteiger partial charge in [-0.3, -0.25) is 0 Å². The topological polar surface area (TPSA) is 67.6 Å². The molecule has 0 aliphatic rings. The van der Waals surface area contributed by atoms with Crippen molar-refractivity contribution in [3.63, 3.8) is 0 Å². The van der Waals surface area contributed by atoms with Gasteiger partial charge in [0.05, 0.1) is 18.4 Å². The first kappa shape index (κ1) is 17.6. The first-order valence-corrected chi connectivity index (χ1v) is 6.78. The van der Waals surface area contributed by atoms with E-state index in [0.29, 0.717) is 6.54 Å². The zero-order chi connectivity index (χ0) is 15.5. The molecular weight excluding hydrogens is 274 g/mol. The van der Waals surface area contributed by atoms with E-state index in [2.05, 4.69) is 22.2 Å². The second kappa shape index (κ2) is 10.3. The number of hydrogen-bond donors (Lipinski definition) is 0. The van der Waals surface area contributed by atoms with E-state index in [4.69, 9.17) is 18.9 Å². The summed E-state index contributed by atoms with van der Waals surface area (Å²) in [6, 6.07) is 0. The summed E-state index contributed by atoms with van der Waals surface area (Å²) >= 11 is 0. The van der Waals surface area contributed by atoms with Gasteiger partial charge in [-0.15, -0.1) is 11.0 Å². The van der Waals surface area contributed by atoms with Crippen LogP contribution in [0.5, 0.6) is 0 Å². The van der Waals surface area contributed by atoms with Crippen molar-refractivity contribution in [2.24, 2.45) is 0 Å². The molecule has 7 heteroatoms. The molecule has 0 bridgehead atoms. The normalized spacial score (nSPS) is 13.5. The standard InChI is InChI=1S/C14H23N3O4/c1-5-7-12(20-10-18-3)9-17-13(8-15-16-17)14(6-2)21-11-19-4/h8,12,14H,6,9-11H2,1-4H3/t12-,14+/m1/s1. The van der Waals surface area contributed by atoms with Gasteiger partial charge in [0.15, 0.2) is 0 Å². The van der Waals surface area contributed by atoms with Crippen LogP contribution in [0, 0.1) is 11.8 Å². The lowest BCUT2D eigenvalue weighted by molar-refractivity contribution is -0.0791. The fourth-order valence-electron chi connectivity index (χ4n) is 1.83. The lowest BCUT2D eigenvalue weighted by atomic mass is 10.2. The van der Waals surface area contributed by atoms with Crippen molar-refractivity contribution in [2.75, 3.05) is 27.8 Å². The molecule has 1 aromatic rings. The molecule has 0 aromatic carbocycles. The molecule has 0 spiro atoms. The Bertz CT molecular complexity index is 453. The lowest BCUT2D eigenvalue weighted by Crippen LogP contribution is -2.23. The fraction of sp³-hybridized carbons (Fsp3) is 0.714. The molecule has 0 fully saturated rings. The van der Waals surface area contributed by atoms with Gasteiger partial charge in [0.2, 0.25) is 0 Å². The average Bonchev–Trinajstić information content (AvgIpc) is 2.94. The van der Waals surface area contributed by atoms with Crippen LogP contribution in [0.3, 0.4) is 0 Å². The van der Waals surface area contributed by atoms with Crippen LogP contribution >= 0.6 is 0 Å². The van der Waals surface area contributed by atoms with Gasteiger partial charge in [-0.05, 0) is 13.3 Å². The van der Waals surface area contributed by atoms with Gasteiger partial charge in [0.1, 0.15) is 25.8 Å². The van der Waals surface area contributed by atoms with Crippen molar-refractivity contribution in [2.45, 2.75) is 39.0 Å². The Labute approximate surface area is 125 Å². The van der Waals surface area contributed by atoms with Gasteiger partial charge in [0.25, 0.3) is 0 Å². The molecule has 1 rings (SSSR count). The maximum Gasteiger partial charge on any atom is 0.148 e. The monoisotopic (exact) mass is 297 g/mol. The van der Waals surface area contributed by atoms with Crippen molar-refractivity contribution >= 4 is 0 Å². The largest absolute Gasteiger partial charge is 0.359 e. The highest BCUT2D eigenvalue weighted by atomic mass is 16.7. The number of nitrogens with zero attached hydrogens (tertiary/aromatic N) is 3. The molecule has 2 atom stereocenters. The Morgan fingerprint density at radius 2 is 1.95 bits per heavy atom. The van der Waals surface area contributed by atoms with Crippen molar-refractivity contribution in [3.05, 3.63) is 11.9 Å². The summed E-state index contributed by atoms with van der Waals surface area (Å²) in [5.41, 5.74) is 0.874. The SMILES string of the molecule is CC#C[C@H](Cn1nncc1[C@H](CC)OCOC)OCOC. The third-order valence-corrected chi connectivity index (χ3v) is 2.77. The van der Waals surface area contributed by atoms with Crippen molar-refractivity contribution in [1.82, 2.24) is 15.0 Å². The predicted octanol–water partition coefficient (Wildman–Crippen LogP) is 1.36. The van der Waals surface area contributed by atoms with Crippen LogP contribution in [0.4, 0.5) is 0 Å². The third kappa shape index (κ3) is 5.81. The van der Waals surface area contributed by atoms with Crippen LogP contribution in [-0.2, 0) is 25.5 Å². The summed E-state index contributed by atoms with van der Waals surface area (Å²) in [5.74, 6) is 5.82. The molecule has 0 radical (unpaired) electrons. The van der Waals surface area contributed by atoms with E-state index in [1.165, 1.54) is 0 Å².